The average molecular weight is 327 g/mol. The number of carbonyl (C=O) groups is 2. The summed E-state index contributed by atoms with van der Waals surface area (Å²) < 4.78 is 29.0. The third-order valence-corrected chi connectivity index (χ3v) is 3.56. The Bertz CT molecular complexity index is 561. The fraction of sp³-hybridized carbons (Fsp3) is 0.467. The maximum Gasteiger partial charge on any atom is 0.387 e. The molecule has 126 valence electrons. The topological polar surface area (TPSA) is 61.9 Å². The number of amides is 2. The van der Waals surface area contributed by atoms with Gasteiger partial charge in [0.2, 0.25) is 11.8 Å². The van der Waals surface area contributed by atoms with Gasteiger partial charge in [0.25, 0.3) is 0 Å². The molecule has 0 bridgehead atoms. The van der Waals surface area contributed by atoms with E-state index < -0.39 is 6.61 Å². The Balaban J connectivity index is 1.87. The van der Waals surface area contributed by atoms with E-state index in [1.165, 1.54) is 19.1 Å². The monoisotopic (exact) mass is 327 g/mol. The van der Waals surface area contributed by atoms with E-state index in [-0.39, 0.29) is 29.8 Å². The summed E-state index contributed by atoms with van der Waals surface area (Å²) in [7, 11) is 0. The van der Waals surface area contributed by atoms with Crippen LogP contribution in [-0.4, -0.2) is 60.9 Å². The smallest absolute Gasteiger partial charge is 0.387 e. The summed E-state index contributed by atoms with van der Waals surface area (Å²) in [5, 5.41) is 2.58. The van der Waals surface area contributed by atoms with Crippen molar-refractivity contribution in [2.24, 2.45) is 0 Å². The molecule has 0 aromatic heterocycles. The molecule has 8 heteroatoms. The predicted octanol–water partition coefficient (Wildman–Crippen LogP) is 1.39. The van der Waals surface area contributed by atoms with Crippen LogP contribution >= 0.6 is 0 Å². The molecular formula is C15H19F2N3O3. The lowest BCUT2D eigenvalue weighted by Crippen LogP contribution is -2.49. The van der Waals surface area contributed by atoms with Gasteiger partial charge in [-0.2, -0.15) is 8.78 Å². The van der Waals surface area contributed by atoms with E-state index in [4.69, 9.17) is 0 Å². The molecule has 0 unspecified atom stereocenters. The fourth-order valence-corrected chi connectivity index (χ4v) is 2.38. The molecule has 1 aliphatic rings. The molecule has 1 heterocycles. The number of rotatable bonds is 5. The summed E-state index contributed by atoms with van der Waals surface area (Å²) in [6.45, 7) is 1.05. The number of ether oxygens (including phenoxy) is 1. The first-order chi connectivity index (χ1) is 11.0. The van der Waals surface area contributed by atoms with Crippen LogP contribution in [0, 0.1) is 0 Å². The van der Waals surface area contributed by atoms with E-state index in [9.17, 15) is 18.4 Å². The van der Waals surface area contributed by atoms with Gasteiger partial charge < -0.3 is 15.0 Å². The number of halogens is 2. The molecule has 1 aromatic carbocycles. The molecule has 0 spiro atoms. The molecule has 1 N–H and O–H groups in total. The second-order valence-corrected chi connectivity index (χ2v) is 5.21. The summed E-state index contributed by atoms with van der Waals surface area (Å²) in [5.74, 6) is -0.365. The van der Waals surface area contributed by atoms with Crippen molar-refractivity contribution in [3.63, 3.8) is 0 Å². The first kappa shape index (κ1) is 17.1. The molecule has 2 rings (SSSR count). The van der Waals surface area contributed by atoms with Crippen LogP contribution in [0.2, 0.25) is 0 Å². The Morgan fingerprint density at radius 2 is 1.87 bits per heavy atom. The zero-order valence-electron chi connectivity index (χ0n) is 12.8. The fourth-order valence-electron chi connectivity index (χ4n) is 2.38. The second-order valence-electron chi connectivity index (χ2n) is 5.21. The molecular weight excluding hydrogens is 308 g/mol. The van der Waals surface area contributed by atoms with Crippen LogP contribution < -0.4 is 10.1 Å². The number of alkyl halides is 2. The molecule has 1 saturated heterocycles. The van der Waals surface area contributed by atoms with Gasteiger partial charge in [-0.15, -0.1) is 0 Å². The zero-order chi connectivity index (χ0) is 16.8. The van der Waals surface area contributed by atoms with E-state index in [1.54, 1.807) is 17.0 Å². The van der Waals surface area contributed by atoms with Crippen LogP contribution in [0.5, 0.6) is 5.75 Å². The van der Waals surface area contributed by atoms with Crippen molar-refractivity contribution in [3.05, 3.63) is 24.3 Å². The maximum atomic E-state index is 12.3. The van der Waals surface area contributed by atoms with Crippen molar-refractivity contribution < 1.29 is 23.1 Å². The molecule has 1 aliphatic heterocycles. The van der Waals surface area contributed by atoms with Crippen molar-refractivity contribution in [2.45, 2.75) is 13.5 Å². The minimum absolute atomic E-state index is 0.0205. The lowest BCUT2D eigenvalue weighted by atomic mass is 10.2. The van der Waals surface area contributed by atoms with Crippen molar-refractivity contribution >= 4 is 17.5 Å². The lowest BCUT2D eigenvalue weighted by molar-refractivity contribution is -0.130. The molecule has 0 saturated carbocycles. The Morgan fingerprint density at radius 1 is 1.22 bits per heavy atom. The van der Waals surface area contributed by atoms with Gasteiger partial charge in [0.05, 0.1) is 12.2 Å². The minimum atomic E-state index is -2.95. The Hall–Kier alpha value is -2.22. The van der Waals surface area contributed by atoms with Crippen LogP contribution in [0.4, 0.5) is 14.5 Å². The number of anilines is 1. The summed E-state index contributed by atoms with van der Waals surface area (Å²) in [4.78, 5) is 26.9. The first-order valence-electron chi connectivity index (χ1n) is 7.27. The Kier molecular flexibility index (Phi) is 5.86. The van der Waals surface area contributed by atoms with Gasteiger partial charge in [0, 0.05) is 33.1 Å². The highest BCUT2D eigenvalue weighted by Gasteiger charge is 2.20. The molecule has 1 aromatic rings. The number of piperazine rings is 1. The van der Waals surface area contributed by atoms with Gasteiger partial charge in [-0.3, -0.25) is 14.5 Å². The summed E-state index contributed by atoms with van der Waals surface area (Å²) in [5.41, 5.74) is 0.208. The number of carbonyl (C=O) groups excluding carboxylic acids is 2. The first-order valence-corrected chi connectivity index (χ1v) is 7.27. The van der Waals surface area contributed by atoms with Crippen LogP contribution in [0.15, 0.2) is 24.3 Å². The summed E-state index contributed by atoms with van der Waals surface area (Å²) >= 11 is 0. The Labute approximate surface area is 133 Å². The summed E-state index contributed by atoms with van der Waals surface area (Å²) in [6, 6.07) is 6.05. The predicted molar refractivity (Wildman–Crippen MR) is 80.4 cm³/mol. The van der Waals surface area contributed by atoms with Gasteiger partial charge in [-0.25, -0.2) is 0 Å². The van der Waals surface area contributed by atoms with Crippen molar-refractivity contribution in [1.29, 1.82) is 0 Å². The van der Waals surface area contributed by atoms with E-state index in [0.717, 1.165) is 0 Å². The average Bonchev–Trinajstić information content (AvgIpc) is 2.49. The molecule has 0 atom stereocenters. The van der Waals surface area contributed by atoms with Gasteiger partial charge in [0.1, 0.15) is 5.75 Å². The third kappa shape index (κ3) is 5.17. The van der Waals surface area contributed by atoms with Crippen LogP contribution in [0.25, 0.3) is 0 Å². The highest BCUT2D eigenvalue weighted by molar-refractivity contribution is 5.93. The number of benzene rings is 1. The number of para-hydroxylation sites is 2. The normalized spacial score (nSPS) is 15.6. The van der Waals surface area contributed by atoms with Crippen LogP contribution in [0.1, 0.15) is 6.92 Å². The SMILES string of the molecule is CC(=O)N1CCN(CC(=O)Nc2ccccc2OC(F)F)CC1. The second kappa shape index (κ2) is 7.87. The van der Waals surface area contributed by atoms with Crippen LogP contribution in [0.3, 0.4) is 0 Å². The number of hydrogen-bond acceptors (Lipinski definition) is 4. The molecule has 0 radical (unpaired) electrons. The van der Waals surface area contributed by atoms with Gasteiger partial charge in [-0.05, 0) is 12.1 Å². The highest BCUT2D eigenvalue weighted by Crippen LogP contribution is 2.25. The molecule has 23 heavy (non-hydrogen) atoms. The van der Waals surface area contributed by atoms with Gasteiger partial charge >= 0.3 is 6.61 Å². The van der Waals surface area contributed by atoms with Crippen molar-refractivity contribution in [1.82, 2.24) is 9.80 Å². The standard InChI is InChI=1S/C15H19F2N3O3/c1-11(21)20-8-6-19(7-9-20)10-14(22)18-12-4-2-3-5-13(12)23-15(16)17/h2-5,15H,6-10H2,1H3,(H,18,22). The van der Waals surface area contributed by atoms with Gasteiger partial charge in [0.15, 0.2) is 0 Å². The number of hydrogen-bond donors (Lipinski definition) is 1. The maximum absolute atomic E-state index is 12.3. The molecule has 2 amide bonds. The lowest BCUT2D eigenvalue weighted by Gasteiger charge is -2.33. The highest BCUT2D eigenvalue weighted by atomic mass is 19.3. The van der Waals surface area contributed by atoms with Crippen molar-refractivity contribution in [3.8, 4) is 5.75 Å². The largest absolute Gasteiger partial charge is 0.433 e. The molecule has 6 nitrogen and oxygen atoms in total. The number of nitrogens with one attached hydrogen (secondary N) is 1. The summed E-state index contributed by atoms with van der Waals surface area (Å²) in [6.07, 6.45) is 0. The quantitative estimate of drug-likeness (QED) is 0.888. The van der Waals surface area contributed by atoms with Crippen molar-refractivity contribution in [2.75, 3.05) is 38.0 Å². The Morgan fingerprint density at radius 3 is 2.48 bits per heavy atom. The minimum Gasteiger partial charge on any atom is -0.433 e. The molecule has 0 aliphatic carbocycles. The van der Waals surface area contributed by atoms with E-state index in [2.05, 4.69) is 10.1 Å². The van der Waals surface area contributed by atoms with Gasteiger partial charge in [-0.1, -0.05) is 12.1 Å². The van der Waals surface area contributed by atoms with Crippen LogP contribution in [-0.2, 0) is 9.59 Å². The zero-order valence-corrected chi connectivity index (χ0v) is 12.8. The van der Waals surface area contributed by atoms with E-state index in [0.29, 0.717) is 26.2 Å². The van der Waals surface area contributed by atoms with E-state index in [1.807, 2.05) is 4.90 Å². The van der Waals surface area contributed by atoms with E-state index >= 15 is 0 Å². The molecule has 1 fully saturated rings. The number of nitrogens with zero attached hydrogens (tertiary/aromatic N) is 2. The third-order valence-electron chi connectivity index (χ3n) is 3.56.